The van der Waals surface area contributed by atoms with Gasteiger partial charge < -0.3 is 24.3 Å². The fourth-order valence-electron chi connectivity index (χ4n) is 2.23. The molecule has 2 N–H and O–H groups in total. The van der Waals surface area contributed by atoms with Crippen LogP contribution in [-0.2, 0) is 11.3 Å². The molecule has 0 aliphatic carbocycles. The molecular formula is C16H19NO5. The molecule has 0 bridgehead atoms. The van der Waals surface area contributed by atoms with Crippen LogP contribution in [0.3, 0.4) is 0 Å². The van der Waals surface area contributed by atoms with Crippen molar-refractivity contribution >= 4 is 0 Å². The van der Waals surface area contributed by atoms with Crippen molar-refractivity contribution in [3.8, 4) is 28.4 Å². The lowest BCUT2D eigenvalue weighted by atomic mass is 10.0. The molecule has 0 spiro atoms. The number of methoxy groups -OCH3 is 2. The first kappa shape index (κ1) is 15.9. The fraction of sp³-hybridized carbons (Fsp3) is 0.312. The zero-order valence-electron chi connectivity index (χ0n) is 12.8. The summed E-state index contributed by atoms with van der Waals surface area (Å²) < 4.78 is 15.8. The SMILES string of the molecule is CCOCc1cc(O)c(-c2c(OC)cccc2OC)c(=O)[nH]1. The third kappa shape index (κ3) is 3.07. The number of ether oxygens (including phenoxy) is 3. The zero-order chi connectivity index (χ0) is 16.1. The molecule has 0 radical (unpaired) electrons. The van der Waals surface area contributed by atoms with E-state index in [2.05, 4.69) is 4.98 Å². The summed E-state index contributed by atoms with van der Waals surface area (Å²) in [5.74, 6) is 0.733. The van der Waals surface area contributed by atoms with Gasteiger partial charge in [0.1, 0.15) is 17.2 Å². The van der Waals surface area contributed by atoms with E-state index < -0.39 is 5.56 Å². The van der Waals surface area contributed by atoms with Crippen molar-refractivity contribution in [1.82, 2.24) is 4.98 Å². The minimum Gasteiger partial charge on any atom is -0.507 e. The van der Waals surface area contributed by atoms with Crippen LogP contribution in [0, 0.1) is 0 Å². The molecule has 0 fully saturated rings. The first-order valence-electron chi connectivity index (χ1n) is 6.86. The molecule has 0 unspecified atom stereocenters. The van der Waals surface area contributed by atoms with Gasteiger partial charge in [-0.2, -0.15) is 0 Å². The molecule has 0 saturated carbocycles. The number of nitrogens with one attached hydrogen (secondary N) is 1. The van der Waals surface area contributed by atoms with E-state index in [1.54, 1.807) is 18.2 Å². The molecule has 0 atom stereocenters. The predicted molar refractivity (Wildman–Crippen MR) is 82.6 cm³/mol. The number of aromatic nitrogens is 1. The number of hydrogen-bond donors (Lipinski definition) is 2. The van der Waals surface area contributed by atoms with Gasteiger partial charge >= 0.3 is 0 Å². The van der Waals surface area contributed by atoms with Crippen molar-refractivity contribution in [3.05, 3.63) is 40.3 Å². The van der Waals surface area contributed by atoms with Gasteiger partial charge in [0.05, 0.1) is 32.0 Å². The Hall–Kier alpha value is -2.47. The highest BCUT2D eigenvalue weighted by molar-refractivity contribution is 5.80. The minimum atomic E-state index is -0.433. The van der Waals surface area contributed by atoms with Gasteiger partial charge in [-0.05, 0) is 19.1 Å². The molecule has 0 saturated heterocycles. The largest absolute Gasteiger partial charge is 0.507 e. The maximum Gasteiger partial charge on any atom is 0.260 e. The Labute approximate surface area is 128 Å². The molecule has 2 aromatic rings. The Morgan fingerprint density at radius 3 is 2.27 bits per heavy atom. The van der Waals surface area contributed by atoms with Gasteiger partial charge in [-0.1, -0.05) is 6.07 Å². The summed E-state index contributed by atoms with van der Waals surface area (Å²) in [6, 6.07) is 6.61. The second-order valence-corrected chi connectivity index (χ2v) is 4.56. The Bertz CT molecular complexity index is 686. The second-order valence-electron chi connectivity index (χ2n) is 4.56. The molecule has 2 rings (SSSR count). The zero-order valence-corrected chi connectivity index (χ0v) is 12.8. The van der Waals surface area contributed by atoms with E-state index in [1.165, 1.54) is 20.3 Å². The second kappa shape index (κ2) is 7.00. The van der Waals surface area contributed by atoms with E-state index in [1.807, 2.05) is 6.92 Å². The summed E-state index contributed by atoms with van der Waals surface area (Å²) in [4.78, 5) is 15.1. The molecule has 6 nitrogen and oxygen atoms in total. The van der Waals surface area contributed by atoms with Crippen LogP contribution in [0.1, 0.15) is 12.6 Å². The number of aromatic hydroxyl groups is 1. The Morgan fingerprint density at radius 1 is 1.14 bits per heavy atom. The first-order valence-corrected chi connectivity index (χ1v) is 6.86. The van der Waals surface area contributed by atoms with Gasteiger partial charge in [-0.25, -0.2) is 0 Å². The third-order valence-corrected chi connectivity index (χ3v) is 3.21. The number of benzene rings is 1. The summed E-state index contributed by atoms with van der Waals surface area (Å²) in [5, 5.41) is 10.3. The quantitative estimate of drug-likeness (QED) is 0.856. The van der Waals surface area contributed by atoms with Crippen molar-refractivity contribution in [2.45, 2.75) is 13.5 Å². The van der Waals surface area contributed by atoms with Gasteiger partial charge in [0.15, 0.2) is 0 Å². The molecule has 1 heterocycles. The van der Waals surface area contributed by atoms with E-state index in [-0.39, 0.29) is 17.9 Å². The predicted octanol–water partition coefficient (Wildman–Crippen LogP) is 2.30. The standard InChI is InChI=1S/C16H19NO5/c1-4-22-9-10-8-11(18)14(16(19)17-10)15-12(20-2)6-5-7-13(15)21-3/h5-8H,4,9H2,1-3H3,(H2,17,18,19). The molecular weight excluding hydrogens is 286 g/mol. The van der Waals surface area contributed by atoms with Gasteiger partial charge in [-0.15, -0.1) is 0 Å². The van der Waals surface area contributed by atoms with E-state index >= 15 is 0 Å². The lowest BCUT2D eigenvalue weighted by molar-refractivity contribution is 0.131. The van der Waals surface area contributed by atoms with E-state index in [0.717, 1.165) is 0 Å². The monoisotopic (exact) mass is 305 g/mol. The average molecular weight is 305 g/mol. The van der Waals surface area contributed by atoms with Crippen molar-refractivity contribution < 1.29 is 19.3 Å². The van der Waals surface area contributed by atoms with Gasteiger partial charge in [0.2, 0.25) is 0 Å². The molecule has 0 amide bonds. The summed E-state index contributed by atoms with van der Waals surface area (Å²) in [5.41, 5.74) is 0.586. The molecule has 1 aromatic heterocycles. The molecule has 0 aliphatic rings. The normalized spacial score (nSPS) is 10.5. The molecule has 0 aliphatic heterocycles. The molecule has 1 aromatic carbocycles. The fourth-order valence-corrected chi connectivity index (χ4v) is 2.23. The topological polar surface area (TPSA) is 80.8 Å². The van der Waals surface area contributed by atoms with Crippen molar-refractivity contribution in [1.29, 1.82) is 0 Å². The summed E-state index contributed by atoms with van der Waals surface area (Å²) in [6.45, 7) is 2.60. The van der Waals surface area contributed by atoms with Crippen LogP contribution in [0.5, 0.6) is 17.2 Å². The highest BCUT2D eigenvalue weighted by Crippen LogP contribution is 2.40. The Kier molecular flexibility index (Phi) is 5.06. The Balaban J connectivity index is 2.61. The lowest BCUT2D eigenvalue weighted by Crippen LogP contribution is -2.13. The Morgan fingerprint density at radius 2 is 1.77 bits per heavy atom. The van der Waals surface area contributed by atoms with E-state index in [9.17, 15) is 9.90 Å². The minimum absolute atomic E-state index is 0.106. The third-order valence-electron chi connectivity index (χ3n) is 3.21. The highest BCUT2D eigenvalue weighted by Gasteiger charge is 2.20. The van der Waals surface area contributed by atoms with Gasteiger partial charge in [0.25, 0.3) is 5.56 Å². The van der Waals surface area contributed by atoms with Crippen LogP contribution in [0.25, 0.3) is 11.1 Å². The van der Waals surface area contributed by atoms with Crippen molar-refractivity contribution in [3.63, 3.8) is 0 Å². The van der Waals surface area contributed by atoms with Gasteiger partial charge in [0, 0.05) is 18.4 Å². The van der Waals surface area contributed by atoms with Crippen LogP contribution in [0.4, 0.5) is 0 Å². The van der Waals surface area contributed by atoms with Crippen LogP contribution in [0.15, 0.2) is 29.1 Å². The number of aromatic amines is 1. The van der Waals surface area contributed by atoms with Crippen LogP contribution in [0.2, 0.25) is 0 Å². The van der Waals surface area contributed by atoms with Crippen molar-refractivity contribution in [2.75, 3.05) is 20.8 Å². The average Bonchev–Trinajstić information content (AvgIpc) is 2.52. The van der Waals surface area contributed by atoms with Crippen molar-refractivity contribution in [2.24, 2.45) is 0 Å². The summed E-state index contributed by atoms with van der Waals surface area (Å²) in [7, 11) is 2.99. The van der Waals surface area contributed by atoms with Crippen LogP contribution < -0.4 is 15.0 Å². The maximum atomic E-state index is 12.4. The number of H-pyrrole nitrogens is 1. The highest BCUT2D eigenvalue weighted by atomic mass is 16.5. The van der Waals surface area contributed by atoms with Gasteiger partial charge in [-0.3, -0.25) is 4.79 Å². The van der Waals surface area contributed by atoms with Crippen LogP contribution in [-0.4, -0.2) is 30.9 Å². The maximum absolute atomic E-state index is 12.4. The molecule has 22 heavy (non-hydrogen) atoms. The van der Waals surface area contributed by atoms with Crippen LogP contribution >= 0.6 is 0 Å². The number of pyridine rings is 1. The van der Waals surface area contributed by atoms with E-state index in [0.29, 0.717) is 29.4 Å². The first-order chi connectivity index (χ1) is 10.6. The molecule has 118 valence electrons. The molecule has 6 heteroatoms. The lowest BCUT2D eigenvalue weighted by Gasteiger charge is -2.14. The summed E-state index contributed by atoms with van der Waals surface area (Å²) >= 11 is 0. The number of hydrogen-bond acceptors (Lipinski definition) is 5. The smallest absolute Gasteiger partial charge is 0.260 e. The van der Waals surface area contributed by atoms with E-state index in [4.69, 9.17) is 14.2 Å². The number of rotatable bonds is 6. The summed E-state index contributed by atoms with van der Waals surface area (Å²) in [6.07, 6.45) is 0.